The van der Waals surface area contributed by atoms with Crippen LogP contribution in [-0.4, -0.2) is 33.3 Å². The molecule has 0 aliphatic heterocycles. The third-order valence-corrected chi connectivity index (χ3v) is 7.05. The highest BCUT2D eigenvalue weighted by atomic mass is 35.5. The van der Waals surface area contributed by atoms with E-state index in [1.165, 1.54) is 31.0 Å². The van der Waals surface area contributed by atoms with Gasteiger partial charge in [-0.25, -0.2) is 4.39 Å². The van der Waals surface area contributed by atoms with Crippen molar-refractivity contribution in [2.45, 2.75) is 23.9 Å². The highest BCUT2D eigenvalue weighted by Gasteiger charge is 2.26. The molecule has 0 bridgehead atoms. The molecule has 3 aromatic carbocycles. The van der Waals surface area contributed by atoms with Crippen LogP contribution in [0.15, 0.2) is 65.8 Å². The van der Waals surface area contributed by atoms with Crippen molar-refractivity contribution in [3.05, 3.63) is 104 Å². The van der Waals surface area contributed by atoms with Crippen molar-refractivity contribution in [3.63, 3.8) is 0 Å². The van der Waals surface area contributed by atoms with Crippen molar-refractivity contribution >= 4 is 35.0 Å². The van der Waals surface area contributed by atoms with E-state index in [2.05, 4.69) is 10.2 Å². The van der Waals surface area contributed by atoms with Crippen LogP contribution in [0.5, 0.6) is 11.5 Å². The van der Waals surface area contributed by atoms with Gasteiger partial charge in [-0.2, -0.15) is 0 Å². The fraction of sp³-hybridized carbons (Fsp3) is 0.200. The number of nitro groups is 1. The van der Waals surface area contributed by atoms with Crippen molar-refractivity contribution in [1.29, 1.82) is 0 Å². The monoisotopic (exact) mass is 562 g/mol. The summed E-state index contributed by atoms with van der Waals surface area (Å²) in [7, 11) is 1.45. The normalized spacial score (nSPS) is 11.8. The van der Waals surface area contributed by atoms with Crippen LogP contribution in [-0.2, 0) is 6.61 Å². The summed E-state index contributed by atoms with van der Waals surface area (Å²) in [5.74, 6) is 0.780. The van der Waals surface area contributed by atoms with Gasteiger partial charge in [0.1, 0.15) is 23.5 Å². The minimum atomic E-state index is -0.673. The molecule has 4 aromatic rings. The number of methoxy groups -OCH3 is 1. The van der Waals surface area contributed by atoms with Crippen LogP contribution < -0.4 is 9.47 Å². The number of hydrogen-bond donors (Lipinski definition) is 0. The molecule has 0 fully saturated rings. The van der Waals surface area contributed by atoms with Gasteiger partial charge in [0.25, 0.3) is 0 Å². The lowest BCUT2D eigenvalue weighted by molar-refractivity contribution is -0.479. The first-order valence-electron chi connectivity index (χ1n) is 11.0. The minimum absolute atomic E-state index is 0.0593. The van der Waals surface area contributed by atoms with Crippen LogP contribution >= 0.6 is 35.0 Å². The van der Waals surface area contributed by atoms with Crippen LogP contribution in [0.3, 0.4) is 0 Å². The molecule has 0 spiro atoms. The van der Waals surface area contributed by atoms with Crippen molar-refractivity contribution in [2.75, 3.05) is 13.7 Å². The van der Waals surface area contributed by atoms with E-state index in [0.29, 0.717) is 32.9 Å². The number of nitrogens with zero attached hydrogens (tertiary/aromatic N) is 4. The summed E-state index contributed by atoms with van der Waals surface area (Å²) in [6, 6.07) is 16.4. The smallest absolute Gasteiger partial charge is 0.220 e. The van der Waals surface area contributed by atoms with E-state index in [1.807, 2.05) is 12.1 Å². The molecule has 1 aromatic heterocycles. The lowest BCUT2D eigenvalue weighted by Gasteiger charge is -2.18. The van der Waals surface area contributed by atoms with E-state index in [4.69, 9.17) is 32.7 Å². The van der Waals surface area contributed by atoms with Crippen LogP contribution in [0.25, 0.3) is 5.69 Å². The van der Waals surface area contributed by atoms with E-state index in [1.54, 1.807) is 47.9 Å². The molecule has 37 heavy (non-hydrogen) atoms. The maximum Gasteiger partial charge on any atom is 0.220 e. The van der Waals surface area contributed by atoms with Gasteiger partial charge in [0.2, 0.25) is 6.54 Å². The minimum Gasteiger partial charge on any atom is -0.493 e. The first kappa shape index (κ1) is 26.7. The largest absolute Gasteiger partial charge is 0.493 e. The highest BCUT2D eigenvalue weighted by Crippen LogP contribution is 2.43. The van der Waals surface area contributed by atoms with Crippen molar-refractivity contribution in [2.24, 2.45) is 0 Å². The number of aromatic nitrogens is 3. The average Bonchev–Trinajstić information content (AvgIpc) is 3.22. The summed E-state index contributed by atoms with van der Waals surface area (Å²) in [5.41, 5.74) is 1.93. The predicted octanol–water partition coefficient (Wildman–Crippen LogP) is 6.72. The van der Waals surface area contributed by atoms with E-state index in [-0.39, 0.29) is 23.2 Å². The fourth-order valence-electron chi connectivity index (χ4n) is 3.63. The van der Waals surface area contributed by atoms with Gasteiger partial charge < -0.3 is 9.47 Å². The quantitative estimate of drug-likeness (QED) is 0.120. The Labute approximate surface area is 226 Å². The van der Waals surface area contributed by atoms with Crippen molar-refractivity contribution in [3.8, 4) is 17.2 Å². The summed E-state index contributed by atoms with van der Waals surface area (Å²) in [6.45, 7) is 1.45. The second-order valence-corrected chi connectivity index (χ2v) is 9.93. The third-order valence-electron chi connectivity index (χ3n) is 5.34. The lowest BCUT2D eigenvalue weighted by Crippen LogP contribution is -2.12. The van der Waals surface area contributed by atoms with E-state index in [0.717, 1.165) is 5.69 Å². The topological polar surface area (TPSA) is 92.3 Å². The number of rotatable bonds is 10. The Hall–Kier alpha value is -3.34. The maximum atomic E-state index is 13.5. The van der Waals surface area contributed by atoms with E-state index < -0.39 is 16.7 Å². The number of aryl methyl sites for hydroxylation is 1. The lowest BCUT2D eigenvalue weighted by atomic mass is 10.1. The second-order valence-electron chi connectivity index (χ2n) is 7.92. The zero-order chi connectivity index (χ0) is 26.5. The molecule has 0 amide bonds. The van der Waals surface area contributed by atoms with Crippen LogP contribution in [0.1, 0.15) is 22.2 Å². The molecule has 192 valence electrons. The SMILES string of the molecule is COc1cc([C@H](C[N+](=O)[O-])Sc2nnc(C)n2-c2ccc(Cl)cc2)cc(Cl)c1OCc1cccc(F)c1. The Kier molecular flexibility index (Phi) is 8.52. The Bertz CT molecular complexity index is 1420. The van der Waals surface area contributed by atoms with Crippen LogP contribution in [0, 0.1) is 22.9 Å². The van der Waals surface area contributed by atoms with Gasteiger partial charge in [-0.05, 0) is 66.6 Å². The zero-order valence-electron chi connectivity index (χ0n) is 19.7. The van der Waals surface area contributed by atoms with E-state index in [9.17, 15) is 14.5 Å². The van der Waals surface area contributed by atoms with Gasteiger partial charge in [0.05, 0.1) is 12.1 Å². The Morgan fingerprint density at radius 2 is 1.89 bits per heavy atom. The van der Waals surface area contributed by atoms with Crippen molar-refractivity contribution in [1.82, 2.24) is 14.8 Å². The Morgan fingerprint density at radius 3 is 2.57 bits per heavy atom. The summed E-state index contributed by atoms with van der Waals surface area (Å²) < 4.78 is 26.6. The zero-order valence-corrected chi connectivity index (χ0v) is 22.1. The molecular weight excluding hydrogens is 542 g/mol. The first-order valence-corrected chi connectivity index (χ1v) is 12.6. The number of ether oxygens (including phenoxy) is 2. The summed E-state index contributed by atoms with van der Waals surface area (Å²) in [5, 5.41) is 20.6. The van der Waals surface area contributed by atoms with Crippen LogP contribution in [0.4, 0.5) is 4.39 Å². The molecule has 8 nitrogen and oxygen atoms in total. The molecule has 0 saturated carbocycles. The van der Waals surface area contributed by atoms with Gasteiger partial charge >= 0.3 is 0 Å². The van der Waals surface area contributed by atoms with Gasteiger partial charge in [0.15, 0.2) is 16.7 Å². The van der Waals surface area contributed by atoms with Crippen LogP contribution in [0.2, 0.25) is 10.0 Å². The molecule has 0 aliphatic rings. The van der Waals surface area contributed by atoms with E-state index >= 15 is 0 Å². The molecule has 0 saturated heterocycles. The second kappa shape index (κ2) is 11.8. The maximum absolute atomic E-state index is 13.5. The number of benzene rings is 3. The molecule has 0 radical (unpaired) electrons. The molecular formula is C25H21Cl2FN4O4S. The average molecular weight is 563 g/mol. The highest BCUT2D eigenvalue weighted by molar-refractivity contribution is 7.99. The molecule has 0 aliphatic carbocycles. The summed E-state index contributed by atoms with van der Waals surface area (Å²) >= 11 is 13.7. The van der Waals surface area contributed by atoms with Gasteiger partial charge in [0, 0.05) is 15.6 Å². The molecule has 1 heterocycles. The molecule has 0 N–H and O–H groups in total. The number of hydrogen-bond acceptors (Lipinski definition) is 7. The molecule has 12 heteroatoms. The molecule has 0 unspecified atom stereocenters. The summed E-state index contributed by atoms with van der Waals surface area (Å²) in [4.78, 5) is 11.2. The first-order chi connectivity index (χ1) is 17.7. The Balaban J connectivity index is 1.65. The summed E-state index contributed by atoms with van der Waals surface area (Å²) in [6.07, 6.45) is 0. The number of thioether (sulfide) groups is 1. The van der Waals surface area contributed by atoms with Gasteiger partial charge in [-0.15, -0.1) is 10.2 Å². The number of halogens is 3. The Morgan fingerprint density at radius 1 is 1.14 bits per heavy atom. The molecule has 4 rings (SSSR count). The van der Waals surface area contributed by atoms with Gasteiger partial charge in [-0.1, -0.05) is 47.1 Å². The standard InChI is InChI=1S/C25H21Cl2FN4O4S/c1-15-29-30-25(32(15)20-8-6-18(26)7-9-20)37-23(13-31(33)34)17-11-21(27)24(22(12-17)35-2)36-14-16-4-3-5-19(28)10-16/h3-12,23H,13-14H2,1-2H3/t23-/m0/s1. The van der Waals surface area contributed by atoms with Crippen molar-refractivity contribution < 1.29 is 18.8 Å². The third kappa shape index (κ3) is 6.51. The predicted molar refractivity (Wildman–Crippen MR) is 140 cm³/mol. The van der Waals surface area contributed by atoms with Gasteiger partial charge in [-0.3, -0.25) is 14.7 Å². The molecule has 1 atom stereocenters. The fourth-order valence-corrected chi connectivity index (χ4v) is 5.18.